The number of nitrogens with zero attached hydrogens (tertiary/aromatic N) is 1. The fourth-order valence-electron chi connectivity index (χ4n) is 3.12. The second-order valence-electron chi connectivity index (χ2n) is 7.24. The van der Waals surface area contributed by atoms with Crippen LogP contribution in [0.5, 0.6) is 0 Å². The van der Waals surface area contributed by atoms with E-state index in [9.17, 15) is 9.59 Å². The molecule has 1 amide bonds. The number of amides is 1. The minimum Gasteiger partial charge on any atom is -0.290 e. The van der Waals surface area contributed by atoms with Crippen LogP contribution in [0.4, 0.5) is 5.69 Å². The number of alkyl halides is 1. The topological polar surface area (TPSA) is 37.4 Å². The molecule has 1 heterocycles. The molecule has 0 radical (unpaired) electrons. The Balaban J connectivity index is 2.31. The third kappa shape index (κ3) is 2.85. The Morgan fingerprint density at radius 3 is 1.88 bits per heavy atom. The smallest absolute Gasteiger partial charge is 0.265 e. The molecule has 3 nitrogen and oxygen atoms in total. The summed E-state index contributed by atoms with van der Waals surface area (Å²) in [6, 6.07) is 17.7. The van der Waals surface area contributed by atoms with E-state index >= 15 is 0 Å². The molecule has 0 aliphatic carbocycles. The monoisotopic (exact) mass is 387 g/mol. The Hall–Kier alpha value is -2.10. The molecular formula is C21H19Cl2NO2. The van der Waals surface area contributed by atoms with Crippen LogP contribution in [0.3, 0.4) is 0 Å². The average molecular weight is 388 g/mol. The maximum atomic E-state index is 13.5. The van der Waals surface area contributed by atoms with Crippen LogP contribution in [0, 0.1) is 5.41 Å². The van der Waals surface area contributed by atoms with Crippen molar-refractivity contribution in [3.63, 3.8) is 0 Å². The zero-order valence-electron chi connectivity index (χ0n) is 14.8. The molecule has 26 heavy (non-hydrogen) atoms. The van der Waals surface area contributed by atoms with Crippen LogP contribution in [-0.2, 0) is 14.5 Å². The Labute approximate surface area is 163 Å². The summed E-state index contributed by atoms with van der Waals surface area (Å²) in [4.78, 5) is 26.3. The molecule has 1 aliphatic heterocycles. The van der Waals surface area contributed by atoms with Gasteiger partial charge < -0.3 is 0 Å². The standard InChI is InChI=1S/C21H19Cl2NO2/c1-20(2,3)17-16(22)18(25)21(23,14-10-6-4-7-11-14)19(26)24(17)15-12-8-5-9-13-15/h4-13H,1-3H3/t21-/m0/s1. The SMILES string of the molecule is CC(C)(C)C1=C(Cl)C(=O)[C@@](Cl)(c2ccccc2)C(=O)N1c1ccccc1. The van der Waals surface area contributed by atoms with Crippen molar-refractivity contribution in [3.8, 4) is 0 Å². The highest BCUT2D eigenvalue weighted by Crippen LogP contribution is 2.47. The molecule has 0 spiro atoms. The van der Waals surface area contributed by atoms with E-state index < -0.39 is 22.0 Å². The summed E-state index contributed by atoms with van der Waals surface area (Å²) in [5.41, 5.74) is 0.943. The van der Waals surface area contributed by atoms with Crippen LogP contribution in [0.1, 0.15) is 26.3 Å². The van der Waals surface area contributed by atoms with Gasteiger partial charge in [0.25, 0.3) is 5.91 Å². The van der Waals surface area contributed by atoms with Gasteiger partial charge in [0.1, 0.15) is 5.03 Å². The summed E-state index contributed by atoms with van der Waals surface area (Å²) >= 11 is 13.2. The van der Waals surface area contributed by atoms with E-state index in [1.165, 1.54) is 4.90 Å². The molecule has 0 saturated carbocycles. The maximum absolute atomic E-state index is 13.5. The Morgan fingerprint density at radius 2 is 1.38 bits per heavy atom. The molecule has 134 valence electrons. The molecule has 0 N–H and O–H groups in total. The molecule has 5 heteroatoms. The lowest BCUT2D eigenvalue weighted by atomic mass is 9.81. The first-order valence-corrected chi connectivity index (χ1v) is 9.03. The van der Waals surface area contributed by atoms with Gasteiger partial charge in [0, 0.05) is 11.1 Å². The maximum Gasteiger partial charge on any atom is 0.265 e. The second-order valence-corrected chi connectivity index (χ2v) is 8.19. The van der Waals surface area contributed by atoms with Gasteiger partial charge in [-0.3, -0.25) is 14.5 Å². The molecule has 3 rings (SSSR count). The summed E-state index contributed by atoms with van der Waals surface area (Å²) < 4.78 is 0. The largest absolute Gasteiger partial charge is 0.290 e. The van der Waals surface area contributed by atoms with E-state index in [0.29, 0.717) is 16.9 Å². The third-order valence-electron chi connectivity index (χ3n) is 4.34. The van der Waals surface area contributed by atoms with Crippen LogP contribution in [0.25, 0.3) is 0 Å². The first-order chi connectivity index (χ1) is 12.2. The number of hydrogen-bond donors (Lipinski definition) is 0. The quantitative estimate of drug-likeness (QED) is 0.522. The number of carbonyl (C=O) groups is 2. The van der Waals surface area contributed by atoms with Gasteiger partial charge in [0.15, 0.2) is 0 Å². The fraction of sp³-hybridized carbons (Fsp3) is 0.238. The predicted molar refractivity (Wildman–Crippen MR) is 105 cm³/mol. The molecule has 2 aromatic rings. The van der Waals surface area contributed by atoms with Gasteiger partial charge in [-0.25, -0.2) is 0 Å². The molecule has 0 unspecified atom stereocenters. The molecule has 0 bridgehead atoms. The van der Waals surface area contributed by atoms with Crippen molar-refractivity contribution < 1.29 is 9.59 Å². The van der Waals surface area contributed by atoms with Crippen molar-refractivity contribution in [2.45, 2.75) is 25.6 Å². The Kier molecular flexibility index (Phi) is 4.72. The van der Waals surface area contributed by atoms with Crippen molar-refractivity contribution >= 4 is 40.6 Å². The number of allylic oxidation sites excluding steroid dienone is 2. The van der Waals surface area contributed by atoms with Crippen LogP contribution in [-0.4, -0.2) is 11.7 Å². The number of para-hydroxylation sites is 1. The van der Waals surface area contributed by atoms with Crippen molar-refractivity contribution in [2.75, 3.05) is 4.90 Å². The van der Waals surface area contributed by atoms with Crippen LogP contribution < -0.4 is 4.90 Å². The highest BCUT2D eigenvalue weighted by atomic mass is 35.5. The molecule has 0 aromatic heterocycles. The zero-order valence-corrected chi connectivity index (χ0v) is 16.3. The van der Waals surface area contributed by atoms with Gasteiger partial charge in [0.05, 0.1) is 5.70 Å². The van der Waals surface area contributed by atoms with Crippen LogP contribution in [0.2, 0.25) is 0 Å². The average Bonchev–Trinajstić information content (AvgIpc) is 2.63. The summed E-state index contributed by atoms with van der Waals surface area (Å²) in [5.74, 6) is -1.11. The molecule has 1 atom stereocenters. The van der Waals surface area contributed by atoms with E-state index in [0.717, 1.165) is 0 Å². The third-order valence-corrected chi connectivity index (χ3v) is 5.24. The summed E-state index contributed by atoms with van der Waals surface area (Å²) in [5, 5.41) is -0.0141. The van der Waals surface area contributed by atoms with Gasteiger partial charge >= 0.3 is 0 Å². The number of Topliss-reactive ketones (excluding diaryl/α,β-unsaturated/α-hetero) is 1. The lowest BCUT2D eigenvalue weighted by molar-refractivity contribution is -0.129. The van der Waals surface area contributed by atoms with Crippen molar-refractivity contribution in [1.82, 2.24) is 0 Å². The molecule has 0 fully saturated rings. The summed E-state index contributed by atoms with van der Waals surface area (Å²) in [7, 11) is 0. The normalized spacial score (nSPS) is 21.3. The number of rotatable bonds is 2. The fourth-order valence-corrected chi connectivity index (χ4v) is 3.98. The summed E-state index contributed by atoms with van der Waals surface area (Å²) in [6.07, 6.45) is 0. The van der Waals surface area contributed by atoms with E-state index in [1.54, 1.807) is 42.5 Å². The number of anilines is 1. The first kappa shape index (κ1) is 18.7. The van der Waals surface area contributed by atoms with Gasteiger partial charge in [-0.1, -0.05) is 92.5 Å². The molecule has 2 aromatic carbocycles. The first-order valence-electron chi connectivity index (χ1n) is 8.28. The van der Waals surface area contributed by atoms with E-state index in [1.807, 2.05) is 39.0 Å². The lowest BCUT2D eigenvalue weighted by Gasteiger charge is -2.42. The minimum absolute atomic E-state index is 0.0141. The molecule has 0 saturated heterocycles. The Bertz CT molecular complexity index is 885. The van der Waals surface area contributed by atoms with E-state index in [4.69, 9.17) is 23.2 Å². The van der Waals surface area contributed by atoms with Crippen LogP contribution in [0.15, 0.2) is 71.4 Å². The van der Waals surface area contributed by atoms with Gasteiger partial charge in [-0.05, 0) is 17.7 Å². The summed E-state index contributed by atoms with van der Waals surface area (Å²) in [6.45, 7) is 5.72. The van der Waals surface area contributed by atoms with Gasteiger partial charge in [-0.2, -0.15) is 0 Å². The van der Waals surface area contributed by atoms with Crippen molar-refractivity contribution in [2.24, 2.45) is 5.41 Å². The van der Waals surface area contributed by atoms with Crippen LogP contribution >= 0.6 is 23.2 Å². The number of halogens is 2. The van der Waals surface area contributed by atoms with E-state index in [-0.39, 0.29) is 5.03 Å². The van der Waals surface area contributed by atoms with Gasteiger partial charge in [-0.15, -0.1) is 0 Å². The number of benzene rings is 2. The number of carbonyl (C=O) groups excluding carboxylic acids is 2. The zero-order chi connectivity index (χ0) is 19.1. The lowest BCUT2D eigenvalue weighted by Crippen LogP contribution is -2.54. The highest BCUT2D eigenvalue weighted by Gasteiger charge is 2.55. The minimum atomic E-state index is -1.89. The van der Waals surface area contributed by atoms with E-state index in [2.05, 4.69) is 0 Å². The second kappa shape index (κ2) is 6.57. The van der Waals surface area contributed by atoms with Crippen molar-refractivity contribution in [3.05, 3.63) is 77.0 Å². The Morgan fingerprint density at radius 1 is 0.885 bits per heavy atom. The number of hydrogen-bond acceptors (Lipinski definition) is 2. The molecule has 1 aliphatic rings. The van der Waals surface area contributed by atoms with Gasteiger partial charge in [0.2, 0.25) is 10.7 Å². The highest BCUT2D eigenvalue weighted by molar-refractivity contribution is 6.58. The number of ketones is 1. The molecular weight excluding hydrogens is 369 g/mol. The predicted octanol–water partition coefficient (Wildman–Crippen LogP) is 5.23. The van der Waals surface area contributed by atoms with Crippen molar-refractivity contribution in [1.29, 1.82) is 0 Å².